The van der Waals surface area contributed by atoms with Crippen molar-refractivity contribution in [3.8, 4) is 0 Å². The summed E-state index contributed by atoms with van der Waals surface area (Å²) in [5.74, 6) is 0.0417. The second-order valence-corrected chi connectivity index (χ2v) is 5.73. The van der Waals surface area contributed by atoms with Gasteiger partial charge in [0, 0.05) is 25.0 Å². The molecular weight excluding hydrogens is 250 g/mol. The first-order valence-electron chi connectivity index (χ1n) is 7.38. The van der Waals surface area contributed by atoms with Crippen LogP contribution in [0.4, 0.5) is 0 Å². The number of aromatic nitrogens is 2. The van der Waals surface area contributed by atoms with E-state index >= 15 is 0 Å². The summed E-state index contributed by atoms with van der Waals surface area (Å²) in [6.45, 7) is 2.02. The molecule has 1 fully saturated rings. The summed E-state index contributed by atoms with van der Waals surface area (Å²) < 4.78 is 1.97. The molecule has 0 spiro atoms. The van der Waals surface area contributed by atoms with Crippen LogP contribution >= 0.6 is 0 Å². The molecule has 0 atom stereocenters. The third-order valence-electron chi connectivity index (χ3n) is 4.36. The Morgan fingerprint density at radius 1 is 1.30 bits per heavy atom. The van der Waals surface area contributed by atoms with E-state index in [-0.39, 0.29) is 5.91 Å². The standard InChI is InChI=1S/C16H21N3O/c1-12-7-6-10-15-17-14(11-19(12)15)16(20)18(2)13-8-4-3-5-9-13/h6-7,10-11,13H,3-5,8-9H2,1-2H3. The number of rotatable bonds is 2. The van der Waals surface area contributed by atoms with E-state index in [4.69, 9.17) is 0 Å². The van der Waals surface area contributed by atoms with Crippen molar-refractivity contribution in [2.24, 2.45) is 0 Å². The summed E-state index contributed by atoms with van der Waals surface area (Å²) in [5, 5.41) is 0. The fourth-order valence-electron chi connectivity index (χ4n) is 3.07. The molecule has 0 bridgehead atoms. The summed E-state index contributed by atoms with van der Waals surface area (Å²) in [5.41, 5.74) is 2.48. The summed E-state index contributed by atoms with van der Waals surface area (Å²) >= 11 is 0. The predicted molar refractivity (Wildman–Crippen MR) is 78.9 cm³/mol. The van der Waals surface area contributed by atoms with Gasteiger partial charge in [-0.2, -0.15) is 0 Å². The average molecular weight is 271 g/mol. The van der Waals surface area contributed by atoms with Gasteiger partial charge in [-0.3, -0.25) is 4.79 Å². The zero-order valence-electron chi connectivity index (χ0n) is 12.2. The number of aryl methyl sites for hydroxylation is 1. The van der Waals surface area contributed by atoms with Gasteiger partial charge in [0.25, 0.3) is 5.91 Å². The molecule has 4 heteroatoms. The van der Waals surface area contributed by atoms with Crippen LogP contribution in [-0.2, 0) is 0 Å². The summed E-state index contributed by atoms with van der Waals surface area (Å²) in [7, 11) is 1.91. The molecule has 1 aliphatic carbocycles. The van der Waals surface area contributed by atoms with E-state index in [0.717, 1.165) is 24.2 Å². The maximum atomic E-state index is 12.6. The van der Waals surface area contributed by atoms with Gasteiger partial charge in [-0.15, -0.1) is 0 Å². The Kier molecular flexibility index (Phi) is 3.47. The smallest absolute Gasteiger partial charge is 0.274 e. The van der Waals surface area contributed by atoms with Gasteiger partial charge < -0.3 is 9.30 Å². The maximum Gasteiger partial charge on any atom is 0.274 e. The number of nitrogens with zero attached hydrogens (tertiary/aromatic N) is 3. The largest absolute Gasteiger partial charge is 0.337 e. The Morgan fingerprint density at radius 2 is 2.05 bits per heavy atom. The molecule has 4 nitrogen and oxygen atoms in total. The second kappa shape index (κ2) is 5.27. The summed E-state index contributed by atoms with van der Waals surface area (Å²) in [4.78, 5) is 18.9. The van der Waals surface area contributed by atoms with Crippen LogP contribution in [0.25, 0.3) is 5.65 Å². The van der Waals surface area contributed by atoms with E-state index in [1.165, 1.54) is 19.3 Å². The van der Waals surface area contributed by atoms with Crippen molar-refractivity contribution >= 4 is 11.6 Å². The normalized spacial score (nSPS) is 16.5. The van der Waals surface area contributed by atoms with Crippen LogP contribution in [0, 0.1) is 6.92 Å². The van der Waals surface area contributed by atoms with E-state index in [1.54, 1.807) is 0 Å². The molecule has 2 heterocycles. The van der Waals surface area contributed by atoms with Crippen LogP contribution in [0.5, 0.6) is 0 Å². The molecule has 1 amide bonds. The van der Waals surface area contributed by atoms with Gasteiger partial charge in [0.1, 0.15) is 11.3 Å². The summed E-state index contributed by atoms with van der Waals surface area (Å²) in [6, 6.07) is 6.30. The van der Waals surface area contributed by atoms with Gasteiger partial charge in [-0.1, -0.05) is 25.3 Å². The van der Waals surface area contributed by atoms with Crippen molar-refractivity contribution in [1.29, 1.82) is 0 Å². The third kappa shape index (κ3) is 2.30. The Morgan fingerprint density at radius 3 is 2.75 bits per heavy atom. The quantitative estimate of drug-likeness (QED) is 0.842. The fourth-order valence-corrected chi connectivity index (χ4v) is 3.07. The number of pyridine rings is 1. The van der Waals surface area contributed by atoms with Gasteiger partial charge >= 0.3 is 0 Å². The molecule has 0 N–H and O–H groups in total. The SMILES string of the molecule is Cc1cccc2nc(C(=O)N(C)C3CCCCC3)cn12. The lowest BCUT2D eigenvalue weighted by molar-refractivity contribution is 0.0691. The maximum absolute atomic E-state index is 12.6. The van der Waals surface area contributed by atoms with E-state index in [1.807, 2.05) is 47.7 Å². The lowest BCUT2D eigenvalue weighted by Gasteiger charge is -2.30. The number of carbonyl (C=O) groups excluding carboxylic acids is 1. The zero-order chi connectivity index (χ0) is 14.1. The lowest BCUT2D eigenvalue weighted by Crippen LogP contribution is -2.38. The van der Waals surface area contributed by atoms with E-state index in [2.05, 4.69) is 4.98 Å². The van der Waals surface area contributed by atoms with Crippen LogP contribution in [-0.4, -0.2) is 33.3 Å². The Balaban J connectivity index is 1.86. The molecule has 0 saturated heterocycles. The summed E-state index contributed by atoms with van der Waals surface area (Å²) in [6.07, 6.45) is 7.85. The highest BCUT2D eigenvalue weighted by Gasteiger charge is 2.24. The monoisotopic (exact) mass is 271 g/mol. The molecule has 1 saturated carbocycles. The number of hydrogen-bond acceptors (Lipinski definition) is 2. The molecule has 20 heavy (non-hydrogen) atoms. The first kappa shape index (κ1) is 13.2. The molecule has 106 valence electrons. The molecule has 2 aromatic heterocycles. The number of carbonyl (C=O) groups is 1. The highest BCUT2D eigenvalue weighted by molar-refractivity contribution is 5.93. The van der Waals surface area contributed by atoms with Crippen molar-refractivity contribution < 1.29 is 4.79 Å². The molecule has 0 radical (unpaired) electrons. The Bertz CT molecular complexity index is 626. The van der Waals surface area contributed by atoms with Gasteiger partial charge in [0.2, 0.25) is 0 Å². The predicted octanol–water partition coefficient (Wildman–Crippen LogP) is 3.05. The van der Waals surface area contributed by atoms with Gasteiger partial charge in [0.05, 0.1) is 0 Å². The minimum atomic E-state index is 0.0417. The van der Waals surface area contributed by atoms with E-state index in [0.29, 0.717) is 11.7 Å². The molecule has 0 aromatic carbocycles. The van der Waals surface area contributed by atoms with Crippen LogP contribution in [0.1, 0.15) is 48.3 Å². The van der Waals surface area contributed by atoms with Gasteiger partial charge in [-0.25, -0.2) is 4.98 Å². The molecule has 0 unspecified atom stereocenters. The number of fused-ring (bicyclic) bond motifs is 1. The highest BCUT2D eigenvalue weighted by atomic mass is 16.2. The second-order valence-electron chi connectivity index (χ2n) is 5.73. The van der Waals surface area contributed by atoms with Crippen LogP contribution < -0.4 is 0 Å². The van der Waals surface area contributed by atoms with Crippen molar-refractivity contribution in [2.45, 2.75) is 45.1 Å². The van der Waals surface area contributed by atoms with Crippen molar-refractivity contribution in [1.82, 2.24) is 14.3 Å². The number of imidazole rings is 1. The van der Waals surface area contributed by atoms with Crippen molar-refractivity contribution in [2.75, 3.05) is 7.05 Å². The zero-order valence-corrected chi connectivity index (χ0v) is 12.2. The van der Waals surface area contributed by atoms with Gasteiger partial charge in [-0.05, 0) is 31.9 Å². The van der Waals surface area contributed by atoms with Crippen LogP contribution in [0.3, 0.4) is 0 Å². The Hall–Kier alpha value is -1.84. The lowest BCUT2D eigenvalue weighted by atomic mass is 9.94. The molecule has 1 aliphatic rings. The van der Waals surface area contributed by atoms with E-state index in [9.17, 15) is 4.79 Å². The van der Waals surface area contributed by atoms with Crippen LogP contribution in [0.2, 0.25) is 0 Å². The minimum Gasteiger partial charge on any atom is -0.337 e. The first-order valence-corrected chi connectivity index (χ1v) is 7.38. The highest BCUT2D eigenvalue weighted by Crippen LogP contribution is 2.23. The fraction of sp³-hybridized carbons (Fsp3) is 0.500. The molecule has 0 aliphatic heterocycles. The molecule has 3 rings (SSSR count). The topological polar surface area (TPSA) is 37.6 Å². The molecular formula is C16H21N3O. The Labute approximate surface area is 119 Å². The third-order valence-corrected chi connectivity index (χ3v) is 4.36. The van der Waals surface area contributed by atoms with Gasteiger partial charge in [0.15, 0.2) is 0 Å². The van der Waals surface area contributed by atoms with Crippen LogP contribution in [0.15, 0.2) is 24.4 Å². The van der Waals surface area contributed by atoms with Crippen molar-refractivity contribution in [3.05, 3.63) is 35.8 Å². The minimum absolute atomic E-state index is 0.0417. The van der Waals surface area contributed by atoms with E-state index < -0.39 is 0 Å². The number of hydrogen-bond donors (Lipinski definition) is 0. The first-order chi connectivity index (χ1) is 9.66. The number of amides is 1. The average Bonchev–Trinajstić information content (AvgIpc) is 2.92. The van der Waals surface area contributed by atoms with Crippen molar-refractivity contribution in [3.63, 3.8) is 0 Å². The molecule has 2 aromatic rings.